The maximum Gasteiger partial charge on any atom is 0.415 e. The summed E-state index contributed by atoms with van der Waals surface area (Å²) in [4.78, 5) is 36.1. The highest BCUT2D eigenvalue weighted by atomic mass is 19.1. The van der Waals surface area contributed by atoms with Gasteiger partial charge in [0.2, 0.25) is 0 Å². The third kappa shape index (κ3) is 3.11. The molecule has 0 bridgehead atoms. The second-order valence-corrected chi connectivity index (χ2v) is 6.98. The maximum absolute atomic E-state index is 14.8. The van der Waals surface area contributed by atoms with E-state index in [2.05, 4.69) is 15.4 Å². The number of fused-ring (bicyclic) bond motifs is 3. The monoisotopic (exact) mass is 389 g/mol. The molecule has 0 spiro atoms. The predicted molar refractivity (Wildman–Crippen MR) is 97.5 cm³/mol. The van der Waals surface area contributed by atoms with Gasteiger partial charge in [0.15, 0.2) is 0 Å². The van der Waals surface area contributed by atoms with Gasteiger partial charge in [-0.1, -0.05) is 6.08 Å². The normalized spacial score (nSPS) is 25.5. The van der Waals surface area contributed by atoms with Crippen LogP contribution in [0.1, 0.15) is 17.5 Å². The molecule has 28 heavy (non-hydrogen) atoms. The molecule has 1 unspecified atom stereocenters. The highest BCUT2D eigenvalue weighted by Gasteiger charge is 2.48. The minimum absolute atomic E-state index is 0.112. The van der Waals surface area contributed by atoms with Gasteiger partial charge in [-0.05, 0) is 36.1 Å². The summed E-state index contributed by atoms with van der Waals surface area (Å²) in [6, 6.07) is 2.44. The highest BCUT2D eigenvalue weighted by Crippen LogP contribution is 2.41. The number of carbonyl (C=O) groups excluding carboxylic acids is 3. The molecule has 0 radical (unpaired) electrons. The van der Waals surface area contributed by atoms with Crippen LogP contribution < -0.4 is 15.5 Å². The minimum Gasteiger partial charge on any atom is -0.453 e. The molecule has 8 nitrogen and oxygen atoms in total. The molecule has 1 aromatic rings. The summed E-state index contributed by atoms with van der Waals surface area (Å²) in [6.07, 6.45) is 1.88. The Bertz CT molecular complexity index is 871. The predicted octanol–water partition coefficient (Wildman–Crippen LogP) is 1.38. The highest BCUT2D eigenvalue weighted by molar-refractivity contribution is 5.94. The van der Waals surface area contributed by atoms with E-state index in [9.17, 15) is 18.8 Å². The number of nitrogens with zero attached hydrogens (tertiary/aromatic N) is 1. The van der Waals surface area contributed by atoms with Gasteiger partial charge >= 0.3 is 12.2 Å². The summed E-state index contributed by atoms with van der Waals surface area (Å²) in [7, 11) is 1.25. The summed E-state index contributed by atoms with van der Waals surface area (Å²) in [5, 5.41) is 5.56. The first-order chi connectivity index (χ1) is 13.5. The smallest absolute Gasteiger partial charge is 0.415 e. The van der Waals surface area contributed by atoms with Crippen molar-refractivity contribution in [3.8, 4) is 0 Å². The maximum atomic E-state index is 14.8. The fourth-order valence-corrected chi connectivity index (χ4v) is 4.01. The number of methoxy groups -OCH3 is 1. The first-order valence-corrected chi connectivity index (χ1v) is 9.04. The average Bonchev–Trinajstić information content (AvgIpc) is 3.22. The van der Waals surface area contributed by atoms with Gasteiger partial charge in [-0.3, -0.25) is 4.90 Å². The van der Waals surface area contributed by atoms with Gasteiger partial charge in [0.05, 0.1) is 31.4 Å². The van der Waals surface area contributed by atoms with Crippen LogP contribution in [0.4, 0.5) is 19.7 Å². The summed E-state index contributed by atoms with van der Waals surface area (Å²) in [5.74, 6) is -0.443. The average molecular weight is 389 g/mol. The Kier molecular flexibility index (Phi) is 4.76. The number of nitrogens with one attached hydrogen (secondary N) is 2. The number of cyclic esters (lactones) is 1. The zero-order valence-corrected chi connectivity index (χ0v) is 15.2. The van der Waals surface area contributed by atoms with Gasteiger partial charge in [0.25, 0.3) is 0 Å². The van der Waals surface area contributed by atoms with Crippen molar-refractivity contribution in [2.75, 3.05) is 25.1 Å². The molecule has 1 saturated heterocycles. The summed E-state index contributed by atoms with van der Waals surface area (Å²) >= 11 is 0. The molecule has 3 aliphatic heterocycles. The molecule has 2 N–H and O–H groups in total. The lowest BCUT2D eigenvalue weighted by Crippen LogP contribution is -2.40. The van der Waals surface area contributed by atoms with Crippen molar-refractivity contribution < 1.29 is 28.2 Å². The number of halogens is 1. The number of benzene rings is 1. The van der Waals surface area contributed by atoms with Crippen LogP contribution >= 0.6 is 0 Å². The van der Waals surface area contributed by atoms with E-state index in [1.54, 1.807) is 6.07 Å². The number of alkyl carbamates (subject to hydrolysis) is 1. The van der Waals surface area contributed by atoms with Crippen molar-refractivity contribution >= 4 is 29.7 Å². The van der Waals surface area contributed by atoms with Crippen LogP contribution in [0.15, 0.2) is 18.2 Å². The lowest BCUT2D eigenvalue weighted by Gasteiger charge is -2.21. The lowest BCUT2D eigenvalue weighted by molar-refractivity contribution is -0.109. The number of hydrogen-bond donors (Lipinski definition) is 2. The molecule has 1 aromatic carbocycles. The summed E-state index contributed by atoms with van der Waals surface area (Å²) in [6.45, 7) is 0.609. The second kappa shape index (κ2) is 7.23. The van der Waals surface area contributed by atoms with Crippen LogP contribution in [-0.4, -0.2) is 56.9 Å². The quantitative estimate of drug-likeness (QED) is 0.755. The largest absolute Gasteiger partial charge is 0.453 e. The summed E-state index contributed by atoms with van der Waals surface area (Å²) in [5.41, 5.74) is 2.54. The molecule has 3 heterocycles. The van der Waals surface area contributed by atoms with Crippen molar-refractivity contribution in [2.45, 2.75) is 31.0 Å². The number of aldehydes is 1. The molecule has 0 aliphatic carbocycles. The van der Waals surface area contributed by atoms with Crippen molar-refractivity contribution in [1.29, 1.82) is 0 Å². The van der Waals surface area contributed by atoms with Crippen molar-refractivity contribution in [3.05, 3.63) is 35.2 Å². The van der Waals surface area contributed by atoms with Crippen LogP contribution in [0, 0.1) is 5.82 Å². The van der Waals surface area contributed by atoms with Crippen molar-refractivity contribution in [3.63, 3.8) is 0 Å². The van der Waals surface area contributed by atoms with Gasteiger partial charge in [-0.2, -0.15) is 0 Å². The lowest BCUT2D eigenvalue weighted by atomic mass is 9.93. The third-order valence-corrected chi connectivity index (χ3v) is 5.38. The van der Waals surface area contributed by atoms with Crippen LogP contribution in [0.5, 0.6) is 0 Å². The number of hydrogen-bond acceptors (Lipinski definition) is 6. The first kappa shape index (κ1) is 18.4. The molecule has 3 aliphatic rings. The first-order valence-electron chi connectivity index (χ1n) is 9.04. The van der Waals surface area contributed by atoms with Gasteiger partial charge in [-0.25, -0.2) is 14.0 Å². The Hall–Kier alpha value is -2.94. The van der Waals surface area contributed by atoms with E-state index in [0.29, 0.717) is 30.6 Å². The fourth-order valence-electron chi connectivity index (χ4n) is 4.01. The third-order valence-electron chi connectivity index (χ3n) is 5.38. The van der Waals surface area contributed by atoms with E-state index in [1.165, 1.54) is 18.1 Å². The molecule has 0 aromatic heterocycles. The summed E-state index contributed by atoms with van der Waals surface area (Å²) < 4.78 is 24.7. The van der Waals surface area contributed by atoms with E-state index < -0.39 is 24.1 Å². The number of ether oxygens (including phenoxy) is 2. The number of anilines is 1. The number of carbonyl (C=O) groups is 3. The second-order valence-electron chi connectivity index (χ2n) is 6.98. The molecule has 4 rings (SSSR count). The molecule has 0 saturated carbocycles. The topological polar surface area (TPSA) is 97.0 Å². The van der Waals surface area contributed by atoms with Crippen molar-refractivity contribution in [1.82, 2.24) is 10.6 Å². The minimum atomic E-state index is -0.610. The Morgan fingerprint density at radius 2 is 2.29 bits per heavy atom. The van der Waals surface area contributed by atoms with Gasteiger partial charge in [-0.15, -0.1) is 0 Å². The SMILES string of the molecule is COC(=O)NC[C@@H]1OC(=O)N2c3cc(F)c(C4=CCNC(C=O)C4)cc3C[C@@H]12. The van der Waals surface area contributed by atoms with Crippen LogP contribution in [0.3, 0.4) is 0 Å². The Morgan fingerprint density at radius 3 is 3.04 bits per heavy atom. The Labute approximate surface area is 160 Å². The van der Waals surface area contributed by atoms with Crippen LogP contribution in [0.25, 0.3) is 5.57 Å². The van der Waals surface area contributed by atoms with Crippen LogP contribution in [0.2, 0.25) is 0 Å². The van der Waals surface area contributed by atoms with E-state index in [1.807, 2.05) is 6.08 Å². The zero-order valence-electron chi connectivity index (χ0n) is 15.2. The fraction of sp³-hybridized carbons (Fsp3) is 0.421. The molecule has 148 valence electrons. The van der Waals surface area contributed by atoms with Gasteiger partial charge < -0.3 is 24.9 Å². The number of amides is 2. The standard InChI is InChI=1S/C19H20FN3O5/c1-27-18(25)22-8-17-16-6-11-5-13(10-2-3-21-12(4-10)9-24)14(20)7-15(11)23(16)19(26)28-17/h2,5,7,9,12,16-17,21H,3-4,6,8H2,1H3,(H,22,25)/t12?,16-,17-/m0/s1. The molecule has 1 fully saturated rings. The van der Waals surface area contributed by atoms with E-state index in [4.69, 9.17) is 4.74 Å². The molecule has 9 heteroatoms. The molecular formula is C19H20FN3O5. The molecule has 3 atom stereocenters. The van der Waals surface area contributed by atoms with E-state index in [0.717, 1.165) is 17.4 Å². The van der Waals surface area contributed by atoms with Crippen molar-refractivity contribution in [2.24, 2.45) is 0 Å². The van der Waals surface area contributed by atoms with Gasteiger partial charge in [0.1, 0.15) is 18.2 Å². The Morgan fingerprint density at radius 1 is 1.46 bits per heavy atom. The molecule has 2 amide bonds. The van der Waals surface area contributed by atoms with E-state index >= 15 is 0 Å². The van der Waals surface area contributed by atoms with Gasteiger partial charge in [0, 0.05) is 12.1 Å². The zero-order chi connectivity index (χ0) is 19.8. The van der Waals surface area contributed by atoms with E-state index in [-0.39, 0.29) is 18.6 Å². The molecular weight excluding hydrogens is 369 g/mol. The Balaban J connectivity index is 1.59. The number of rotatable bonds is 4. The van der Waals surface area contributed by atoms with Crippen LogP contribution in [-0.2, 0) is 20.7 Å².